The zero-order valence-corrected chi connectivity index (χ0v) is 19.3. The van der Waals surface area contributed by atoms with E-state index in [2.05, 4.69) is 25.5 Å². The Hall–Kier alpha value is -2.11. The lowest BCUT2D eigenvalue weighted by Gasteiger charge is -2.11. The number of hydrogen-bond donors (Lipinski definition) is 3. The van der Waals surface area contributed by atoms with Gasteiger partial charge < -0.3 is 24.9 Å². The first-order chi connectivity index (χ1) is 14.4. The molecule has 0 saturated heterocycles. The van der Waals surface area contributed by atoms with Gasteiger partial charge in [0.15, 0.2) is 5.82 Å². The van der Waals surface area contributed by atoms with Gasteiger partial charge in [-0.3, -0.25) is 10.1 Å². The molecular weight excluding hydrogens is 424 g/mol. The van der Waals surface area contributed by atoms with Gasteiger partial charge in [0.25, 0.3) is 6.20 Å². The molecule has 3 N–H and O–H groups in total. The molecule has 0 aliphatic heterocycles. The number of rotatable bonds is 15. The number of thioether (sulfide) groups is 2. The Morgan fingerprint density at radius 2 is 1.90 bits per heavy atom. The molecule has 2 aromatic heterocycles. The quantitative estimate of drug-likeness (QED) is 0.212. The summed E-state index contributed by atoms with van der Waals surface area (Å²) >= 11 is 3.47. The molecule has 0 amide bonds. The molecule has 0 saturated carbocycles. The zero-order chi connectivity index (χ0) is 21.8. The van der Waals surface area contributed by atoms with E-state index in [9.17, 15) is 10.1 Å². The number of H-pyrrole nitrogens is 1. The van der Waals surface area contributed by atoms with Crippen molar-refractivity contribution >= 4 is 23.5 Å². The zero-order valence-electron chi connectivity index (χ0n) is 17.6. The van der Waals surface area contributed by atoms with Crippen molar-refractivity contribution in [3.05, 3.63) is 63.5 Å². The second kappa shape index (κ2) is 13.2. The summed E-state index contributed by atoms with van der Waals surface area (Å²) in [7, 11) is 4.01. The summed E-state index contributed by atoms with van der Waals surface area (Å²) in [5, 5.41) is 17.1. The molecular formula is C19H30N6O3S2. The molecule has 0 fully saturated rings. The van der Waals surface area contributed by atoms with Gasteiger partial charge in [0.2, 0.25) is 0 Å². The highest BCUT2D eigenvalue weighted by Gasteiger charge is 2.05. The molecule has 0 unspecified atom stereocenters. The van der Waals surface area contributed by atoms with Crippen LogP contribution in [-0.2, 0) is 18.1 Å². The van der Waals surface area contributed by atoms with E-state index in [4.69, 9.17) is 4.42 Å². The monoisotopic (exact) mass is 454 g/mol. The summed E-state index contributed by atoms with van der Waals surface area (Å²) in [6, 6.07) is 4.00. The smallest absolute Gasteiger partial charge is 0.274 e. The largest absolute Gasteiger partial charge is 0.464 e. The predicted molar refractivity (Wildman–Crippen MR) is 123 cm³/mol. The molecule has 2 rings (SSSR count). The third kappa shape index (κ3) is 9.59. The van der Waals surface area contributed by atoms with Crippen LogP contribution in [0.4, 0.5) is 0 Å². The number of imidazole rings is 1. The number of aromatic amines is 1. The fourth-order valence-electron chi connectivity index (χ4n) is 2.55. The highest BCUT2D eigenvalue weighted by Crippen LogP contribution is 2.16. The van der Waals surface area contributed by atoms with Crippen LogP contribution in [0.2, 0.25) is 0 Å². The van der Waals surface area contributed by atoms with E-state index in [0.29, 0.717) is 18.9 Å². The molecule has 9 nitrogen and oxygen atoms in total. The fourth-order valence-corrected chi connectivity index (χ4v) is 4.19. The van der Waals surface area contributed by atoms with Crippen LogP contribution in [0.1, 0.15) is 22.9 Å². The van der Waals surface area contributed by atoms with Crippen molar-refractivity contribution in [3.63, 3.8) is 0 Å². The number of aryl methyl sites for hydroxylation is 1. The lowest BCUT2D eigenvalue weighted by Crippen LogP contribution is -2.30. The van der Waals surface area contributed by atoms with Crippen LogP contribution in [0.15, 0.2) is 34.9 Å². The number of nitro groups is 1. The van der Waals surface area contributed by atoms with Crippen LogP contribution >= 0.6 is 23.5 Å². The third-order valence-electron chi connectivity index (χ3n) is 3.97. The summed E-state index contributed by atoms with van der Waals surface area (Å²) in [5.74, 6) is 5.60. The van der Waals surface area contributed by atoms with Crippen LogP contribution < -0.4 is 10.6 Å². The topological polar surface area (TPSA) is 112 Å². The minimum atomic E-state index is -0.446. The minimum absolute atomic E-state index is 0.435. The van der Waals surface area contributed by atoms with Crippen LogP contribution in [-0.4, -0.2) is 58.5 Å². The Morgan fingerprint density at radius 1 is 1.23 bits per heavy atom. The summed E-state index contributed by atoms with van der Waals surface area (Å²) in [6.07, 6.45) is 2.67. The van der Waals surface area contributed by atoms with Gasteiger partial charge in [-0.05, 0) is 33.2 Å². The fraction of sp³-hybridized carbons (Fsp3) is 0.526. The maximum Gasteiger partial charge on any atom is 0.274 e. The molecule has 0 aromatic carbocycles. The molecule has 0 aliphatic rings. The maximum atomic E-state index is 10.9. The van der Waals surface area contributed by atoms with Crippen molar-refractivity contribution < 1.29 is 9.34 Å². The standard InChI is InChI=1S/C19H30N6O3S2/c1-15-18(23-14-22-15)13-30-9-7-21-19(11-25(26)27)20-6-8-29-12-17-5-4-16(28-17)10-24(2)3/h4-5,11,14,20-21H,6-10,12-13H2,1-3H3,(H,22,23). The predicted octanol–water partition coefficient (Wildman–Crippen LogP) is 2.79. The van der Waals surface area contributed by atoms with Gasteiger partial charge >= 0.3 is 0 Å². The molecule has 30 heavy (non-hydrogen) atoms. The van der Waals surface area contributed by atoms with E-state index in [1.54, 1.807) is 29.9 Å². The van der Waals surface area contributed by atoms with Crippen molar-refractivity contribution in [3.8, 4) is 0 Å². The van der Waals surface area contributed by atoms with Crippen LogP contribution in [0.25, 0.3) is 0 Å². The average Bonchev–Trinajstić information content (AvgIpc) is 3.28. The summed E-state index contributed by atoms with van der Waals surface area (Å²) in [5.41, 5.74) is 2.12. The Morgan fingerprint density at radius 3 is 2.50 bits per heavy atom. The van der Waals surface area contributed by atoms with E-state index in [0.717, 1.165) is 58.7 Å². The number of hydrogen-bond acceptors (Lipinski definition) is 9. The highest BCUT2D eigenvalue weighted by molar-refractivity contribution is 7.98. The van der Waals surface area contributed by atoms with Gasteiger partial charge in [-0.25, -0.2) is 4.98 Å². The summed E-state index contributed by atoms with van der Waals surface area (Å²) in [6.45, 7) is 4.02. The maximum absolute atomic E-state index is 10.9. The second-order valence-electron chi connectivity index (χ2n) is 6.86. The molecule has 0 radical (unpaired) electrons. The van der Waals surface area contributed by atoms with Crippen LogP contribution in [0.5, 0.6) is 0 Å². The molecule has 0 aliphatic carbocycles. The number of nitrogens with zero attached hydrogens (tertiary/aromatic N) is 3. The molecule has 11 heteroatoms. The highest BCUT2D eigenvalue weighted by atomic mass is 32.2. The molecule has 2 heterocycles. The Balaban J connectivity index is 1.61. The van der Waals surface area contributed by atoms with Gasteiger partial charge in [0, 0.05) is 36.0 Å². The number of nitrogens with one attached hydrogen (secondary N) is 3. The van der Waals surface area contributed by atoms with Gasteiger partial charge in [-0.15, -0.1) is 0 Å². The molecule has 0 atom stereocenters. The van der Waals surface area contributed by atoms with Crippen molar-refractivity contribution in [2.24, 2.45) is 0 Å². The van der Waals surface area contributed by atoms with E-state index in [-0.39, 0.29) is 0 Å². The molecule has 0 bridgehead atoms. The van der Waals surface area contributed by atoms with E-state index in [1.165, 1.54) is 0 Å². The van der Waals surface area contributed by atoms with Crippen LogP contribution in [0.3, 0.4) is 0 Å². The van der Waals surface area contributed by atoms with Crippen molar-refractivity contribution in [1.82, 2.24) is 25.5 Å². The molecule has 2 aromatic rings. The Labute approximate surface area is 185 Å². The summed E-state index contributed by atoms with van der Waals surface area (Å²) < 4.78 is 5.78. The van der Waals surface area contributed by atoms with E-state index < -0.39 is 4.92 Å². The Kier molecular flexibility index (Phi) is 10.7. The Bertz CT molecular complexity index is 806. The molecule has 166 valence electrons. The molecule has 0 spiro atoms. The number of aromatic nitrogens is 2. The SMILES string of the molecule is Cc1nc[nH]c1CSCCNC(=C[N+](=O)[O-])NCCSCc1ccc(CN(C)C)o1. The van der Waals surface area contributed by atoms with Gasteiger partial charge in [-0.2, -0.15) is 23.5 Å². The van der Waals surface area contributed by atoms with E-state index in [1.807, 2.05) is 33.2 Å². The van der Waals surface area contributed by atoms with Gasteiger partial charge in [-0.1, -0.05) is 0 Å². The van der Waals surface area contributed by atoms with Crippen molar-refractivity contribution in [2.75, 3.05) is 38.7 Å². The normalized spacial score (nSPS) is 11.8. The second-order valence-corrected chi connectivity index (χ2v) is 9.07. The van der Waals surface area contributed by atoms with Crippen LogP contribution in [0, 0.1) is 17.0 Å². The number of furan rings is 1. The lowest BCUT2D eigenvalue weighted by atomic mass is 10.4. The van der Waals surface area contributed by atoms with E-state index >= 15 is 0 Å². The van der Waals surface area contributed by atoms with Crippen molar-refractivity contribution in [2.45, 2.75) is 25.0 Å². The third-order valence-corrected chi connectivity index (χ3v) is 5.94. The lowest BCUT2D eigenvalue weighted by molar-refractivity contribution is -0.404. The minimum Gasteiger partial charge on any atom is -0.464 e. The first-order valence-corrected chi connectivity index (χ1v) is 11.9. The van der Waals surface area contributed by atoms with Crippen molar-refractivity contribution in [1.29, 1.82) is 0 Å². The average molecular weight is 455 g/mol. The van der Waals surface area contributed by atoms with Gasteiger partial charge in [0.05, 0.1) is 29.2 Å². The first-order valence-electron chi connectivity index (χ1n) is 9.63. The summed E-state index contributed by atoms with van der Waals surface area (Å²) in [4.78, 5) is 19.8. The first kappa shape index (κ1) is 24.2. The van der Waals surface area contributed by atoms with Gasteiger partial charge in [0.1, 0.15) is 11.5 Å².